The second-order valence-electron chi connectivity index (χ2n) is 5.13. The van der Waals surface area contributed by atoms with Crippen molar-refractivity contribution in [3.63, 3.8) is 0 Å². The number of hydrogen-bond acceptors (Lipinski definition) is 5. The monoisotopic (exact) mass is 436 g/mol. The van der Waals surface area contributed by atoms with Gasteiger partial charge in [-0.3, -0.25) is 19.2 Å². The molecule has 0 aliphatic carbocycles. The van der Waals surface area contributed by atoms with E-state index in [-0.39, 0.29) is 15.6 Å². The molecule has 26 heavy (non-hydrogen) atoms. The molecule has 0 aliphatic rings. The van der Waals surface area contributed by atoms with Crippen LogP contribution in [-0.2, 0) is 14.8 Å². The van der Waals surface area contributed by atoms with Crippen LogP contribution in [0.5, 0.6) is 0 Å². The normalized spacial score (nSPS) is 12.5. The van der Waals surface area contributed by atoms with Crippen molar-refractivity contribution in [2.24, 2.45) is 0 Å². The first-order valence-electron chi connectivity index (χ1n) is 6.99. The quantitative estimate of drug-likeness (QED) is 0.382. The van der Waals surface area contributed by atoms with Crippen molar-refractivity contribution in [2.75, 3.05) is 4.31 Å². The molecule has 1 atom stereocenters. The number of sulfonamides is 1. The minimum absolute atomic E-state index is 0.0992. The molecule has 0 bridgehead atoms. The maximum atomic E-state index is 13.1. The average molecular weight is 438 g/mol. The van der Waals surface area contributed by atoms with Crippen molar-refractivity contribution in [3.8, 4) is 0 Å². The van der Waals surface area contributed by atoms with E-state index in [0.29, 0.717) is 9.33 Å². The molecule has 11 heteroatoms. The number of hydrogen-bond donors (Lipinski definition) is 0. The summed E-state index contributed by atoms with van der Waals surface area (Å²) >= 11 is 17.3. The van der Waals surface area contributed by atoms with Crippen LogP contribution < -0.4 is 4.31 Å². The summed E-state index contributed by atoms with van der Waals surface area (Å²) in [7, 11) is -4.32. The summed E-state index contributed by atoms with van der Waals surface area (Å²) in [6.07, 6.45) is 0. The second-order valence-corrected chi connectivity index (χ2v) is 8.16. The van der Waals surface area contributed by atoms with Gasteiger partial charge in [0.15, 0.2) is 0 Å². The van der Waals surface area contributed by atoms with Crippen molar-refractivity contribution in [2.45, 2.75) is 17.9 Å². The Morgan fingerprint density at radius 1 is 1.15 bits per heavy atom. The van der Waals surface area contributed by atoms with Crippen molar-refractivity contribution in [1.29, 1.82) is 0 Å². The van der Waals surface area contributed by atoms with Gasteiger partial charge in [0.05, 0.1) is 20.5 Å². The minimum atomic E-state index is -4.32. The lowest BCUT2D eigenvalue weighted by atomic mass is 10.2. The van der Waals surface area contributed by atoms with E-state index in [1.54, 1.807) is 0 Å². The van der Waals surface area contributed by atoms with E-state index < -0.39 is 31.9 Å². The SMILES string of the molecule is CC(C(=O)Cl)N(c1cc([N+](=O)[O-])ccc1Cl)S(=O)(=O)c1ccc(Cl)cc1. The number of rotatable bonds is 6. The van der Waals surface area contributed by atoms with Crippen LogP contribution in [0.1, 0.15) is 6.92 Å². The first kappa shape index (κ1) is 20.4. The molecule has 2 aromatic rings. The standard InChI is InChI=1S/C15H11Cl3N2O5S/c1-9(15(18)21)19(14-8-11(20(22)23)4-7-13(14)17)26(24,25)12-5-2-10(16)3-6-12/h2-9H,1H3. The van der Waals surface area contributed by atoms with E-state index in [2.05, 4.69) is 0 Å². The highest BCUT2D eigenvalue weighted by molar-refractivity contribution is 7.93. The summed E-state index contributed by atoms with van der Waals surface area (Å²) in [5, 5.41) is 10.3. The molecule has 0 amide bonds. The van der Waals surface area contributed by atoms with Crippen LogP contribution in [0.2, 0.25) is 10.0 Å². The third-order valence-electron chi connectivity index (χ3n) is 3.43. The Morgan fingerprint density at radius 3 is 2.23 bits per heavy atom. The molecule has 0 aromatic heterocycles. The summed E-state index contributed by atoms with van der Waals surface area (Å²) in [6.45, 7) is 1.25. The molecule has 0 saturated carbocycles. The molecule has 0 spiro atoms. The Hall–Kier alpha value is -1.87. The van der Waals surface area contributed by atoms with Crippen LogP contribution in [0.4, 0.5) is 11.4 Å². The predicted molar refractivity (Wildman–Crippen MR) is 99.5 cm³/mol. The maximum Gasteiger partial charge on any atom is 0.271 e. The van der Waals surface area contributed by atoms with Gasteiger partial charge in [-0.25, -0.2) is 8.42 Å². The zero-order valence-electron chi connectivity index (χ0n) is 13.1. The molecule has 2 rings (SSSR count). The lowest BCUT2D eigenvalue weighted by Crippen LogP contribution is -2.42. The van der Waals surface area contributed by atoms with Crippen LogP contribution in [0.25, 0.3) is 0 Å². The van der Waals surface area contributed by atoms with E-state index in [1.807, 2.05) is 0 Å². The van der Waals surface area contributed by atoms with Crippen molar-refractivity contribution in [3.05, 3.63) is 62.6 Å². The first-order chi connectivity index (χ1) is 12.1. The van der Waals surface area contributed by atoms with Gasteiger partial charge in [0.1, 0.15) is 6.04 Å². The van der Waals surface area contributed by atoms with E-state index in [9.17, 15) is 23.3 Å². The summed E-state index contributed by atoms with van der Waals surface area (Å²) in [4.78, 5) is 21.8. The fourth-order valence-corrected chi connectivity index (χ4v) is 4.31. The fourth-order valence-electron chi connectivity index (χ4n) is 2.14. The maximum absolute atomic E-state index is 13.1. The summed E-state index contributed by atoms with van der Waals surface area (Å²) in [6, 6.07) is 7.08. The van der Waals surface area contributed by atoms with Crippen molar-refractivity contribution in [1.82, 2.24) is 0 Å². The molecular weight excluding hydrogens is 427 g/mol. The number of anilines is 1. The van der Waals surface area contributed by atoms with Gasteiger partial charge in [-0.2, -0.15) is 0 Å². The molecule has 0 fully saturated rings. The lowest BCUT2D eigenvalue weighted by Gasteiger charge is -2.29. The molecule has 0 radical (unpaired) electrons. The highest BCUT2D eigenvalue weighted by Crippen LogP contribution is 2.35. The third kappa shape index (κ3) is 4.09. The van der Waals surface area contributed by atoms with Crippen LogP contribution in [-0.4, -0.2) is 24.6 Å². The summed E-state index contributed by atoms with van der Waals surface area (Å²) in [5.41, 5.74) is -0.632. The van der Waals surface area contributed by atoms with Gasteiger partial charge in [-0.1, -0.05) is 23.2 Å². The second kappa shape index (κ2) is 7.79. The molecule has 2 aromatic carbocycles. The molecule has 0 N–H and O–H groups in total. The van der Waals surface area contributed by atoms with Crippen LogP contribution >= 0.6 is 34.8 Å². The van der Waals surface area contributed by atoms with Gasteiger partial charge < -0.3 is 0 Å². The number of nitrogens with zero attached hydrogens (tertiary/aromatic N) is 2. The van der Waals surface area contributed by atoms with Crippen molar-refractivity contribution < 1.29 is 18.1 Å². The molecule has 138 valence electrons. The summed E-state index contributed by atoms with van der Waals surface area (Å²) in [5.74, 6) is 0. The lowest BCUT2D eigenvalue weighted by molar-refractivity contribution is -0.384. The average Bonchev–Trinajstić information content (AvgIpc) is 2.56. The minimum Gasteiger partial charge on any atom is -0.279 e. The van der Waals surface area contributed by atoms with Gasteiger partial charge in [0.2, 0.25) is 5.24 Å². The number of nitro benzene ring substituents is 1. The molecular formula is C15H11Cl3N2O5S. The van der Waals surface area contributed by atoms with Gasteiger partial charge in [0.25, 0.3) is 15.7 Å². The largest absolute Gasteiger partial charge is 0.279 e. The van der Waals surface area contributed by atoms with Crippen LogP contribution in [0.3, 0.4) is 0 Å². The molecule has 0 aliphatic heterocycles. The zero-order valence-corrected chi connectivity index (χ0v) is 16.2. The van der Waals surface area contributed by atoms with Crippen LogP contribution in [0, 0.1) is 10.1 Å². The van der Waals surface area contributed by atoms with E-state index in [0.717, 1.165) is 12.1 Å². The van der Waals surface area contributed by atoms with E-state index >= 15 is 0 Å². The van der Waals surface area contributed by atoms with Gasteiger partial charge in [0, 0.05) is 17.2 Å². The van der Waals surface area contributed by atoms with Gasteiger partial charge in [-0.05, 0) is 48.9 Å². The molecule has 0 heterocycles. The Labute approximate surface area is 164 Å². The topological polar surface area (TPSA) is 97.6 Å². The number of non-ortho nitro benzene ring substituents is 1. The third-order valence-corrected chi connectivity index (χ3v) is 6.21. The predicted octanol–water partition coefficient (Wildman–Crippen LogP) is 4.25. The number of halogens is 3. The number of nitro groups is 1. The fraction of sp³-hybridized carbons (Fsp3) is 0.133. The smallest absolute Gasteiger partial charge is 0.271 e. The number of carbonyl (C=O) groups is 1. The van der Waals surface area contributed by atoms with Gasteiger partial charge >= 0.3 is 0 Å². The van der Waals surface area contributed by atoms with Gasteiger partial charge in [-0.15, -0.1) is 0 Å². The zero-order chi connectivity index (χ0) is 19.6. The highest BCUT2D eigenvalue weighted by atomic mass is 35.5. The number of carbonyl (C=O) groups excluding carboxylic acids is 1. The molecule has 7 nitrogen and oxygen atoms in total. The number of benzene rings is 2. The Kier molecular flexibility index (Phi) is 6.13. The first-order valence-corrected chi connectivity index (χ1v) is 9.56. The Morgan fingerprint density at radius 2 is 1.73 bits per heavy atom. The molecule has 1 unspecified atom stereocenters. The highest BCUT2D eigenvalue weighted by Gasteiger charge is 2.35. The van der Waals surface area contributed by atoms with E-state index in [1.165, 1.54) is 37.3 Å². The molecule has 0 saturated heterocycles. The Bertz CT molecular complexity index is 964. The van der Waals surface area contributed by atoms with E-state index in [4.69, 9.17) is 34.8 Å². The summed E-state index contributed by atoms with van der Waals surface area (Å²) < 4.78 is 26.8. The van der Waals surface area contributed by atoms with Crippen molar-refractivity contribution >= 4 is 61.4 Å². The van der Waals surface area contributed by atoms with Crippen LogP contribution in [0.15, 0.2) is 47.4 Å². The Balaban J connectivity index is 2.72.